The van der Waals surface area contributed by atoms with Crippen molar-refractivity contribution in [2.75, 3.05) is 19.0 Å². The van der Waals surface area contributed by atoms with E-state index in [1.54, 1.807) is 26.0 Å². The van der Waals surface area contributed by atoms with Gasteiger partial charge in [-0.25, -0.2) is 9.59 Å². The fourth-order valence-corrected chi connectivity index (χ4v) is 3.13. The van der Waals surface area contributed by atoms with E-state index in [2.05, 4.69) is 15.4 Å². The summed E-state index contributed by atoms with van der Waals surface area (Å²) in [4.78, 5) is 49.6. The molecule has 2 N–H and O–H groups in total. The number of carbonyl (C=O) groups excluding carboxylic acids is 4. The lowest BCUT2D eigenvalue weighted by atomic mass is 9.96. The maximum Gasteiger partial charge on any atom is 0.337 e. The summed E-state index contributed by atoms with van der Waals surface area (Å²) < 4.78 is 4.67. The molecular formula is C18H21N3O5. The first-order valence-corrected chi connectivity index (χ1v) is 8.39. The molecule has 26 heavy (non-hydrogen) atoms. The maximum absolute atomic E-state index is 12.6. The third kappa shape index (κ3) is 3.14. The van der Waals surface area contributed by atoms with E-state index in [1.165, 1.54) is 13.2 Å². The SMILES string of the molecule is COC(=O)c1ccc(C)c(NC(=O)CN2C(=O)N[C@@](C)(C3CC3)C2=O)c1. The molecule has 3 rings (SSSR count). The molecule has 1 saturated carbocycles. The Morgan fingerprint density at radius 1 is 1.35 bits per heavy atom. The lowest BCUT2D eigenvalue weighted by Crippen LogP contribution is -2.46. The van der Waals surface area contributed by atoms with Gasteiger partial charge in [-0.05, 0) is 50.3 Å². The molecule has 1 aromatic rings. The van der Waals surface area contributed by atoms with E-state index in [1.807, 2.05) is 0 Å². The maximum atomic E-state index is 12.6. The average Bonchev–Trinajstić information content (AvgIpc) is 3.42. The smallest absolute Gasteiger partial charge is 0.337 e. The number of hydrogen-bond acceptors (Lipinski definition) is 5. The third-order valence-electron chi connectivity index (χ3n) is 4.93. The van der Waals surface area contributed by atoms with Crippen LogP contribution in [0.15, 0.2) is 18.2 Å². The number of imide groups is 1. The summed E-state index contributed by atoms with van der Waals surface area (Å²) in [5.41, 5.74) is 0.545. The molecule has 8 nitrogen and oxygen atoms in total. The van der Waals surface area contributed by atoms with Crippen molar-refractivity contribution in [1.82, 2.24) is 10.2 Å². The topological polar surface area (TPSA) is 105 Å². The molecule has 1 aromatic carbocycles. The summed E-state index contributed by atoms with van der Waals surface area (Å²) in [6.07, 6.45) is 1.78. The van der Waals surface area contributed by atoms with Crippen molar-refractivity contribution in [1.29, 1.82) is 0 Å². The number of nitrogens with one attached hydrogen (secondary N) is 2. The molecule has 0 spiro atoms. The van der Waals surface area contributed by atoms with Gasteiger partial charge in [0, 0.05) is 5.69 Å². The summed E-state index contributed by atoms with van der Waals surface area (Å²) in [7, 11) is 1.27. The molecule has 4 amide bonds. The molecule has 1 aliphatic heterocycles. The van der Waals surface area contributed by atoms with Crippen molar-refractivity contribution in [2.24, 2.45) is 5.92 Å². The summed E-state index contributed by atoms with van der Waals surface area (Å²) in [5.74, 6) is -1.28. The number of ether oxygens (including phenoxy) is 1. The summed E-state index contributed by atoms with van der Waals surface area (Å²) in [6.45, 7) is 3.09. The predicted molar refractivity (Wildman–Crippen MR) is 92.5 cm³/mol. The largest absolute Gasteiger partial charge is 0.465 e. The number of amides is 4. The van der Waals surface area contributed by atoms with Gasteiger partial charge in [-0.1, -0.05) is 6.07 Å². The first-order chi connectivity index (χ1) is 12.3. The number of benzene rings is 1. The van der Waals surface area contributed by atoms with Gasteiger partial charge < -0.3 is 15.4 Å². The number of esters is 1. The number of urea groups is 1. The van der Waals surface area contributed by atoms with Crippen molar-refractivity contribution >= 4 is 29.5 Å². The van der Waals surface area contributed by atoms with E-state index >= 15 is 0 Å². The Morgan fingerprint density at radius 3 is 2.65 bits per heavy atom. The monoisotopic (exact) mass is 359 g/mol. The van der Waals surface area contributed by atoms with Crippen molar-refractivity contribution in [3.63, 3.8) is 0 Å². The van der Waals surface area contributed by atoms with Crippen LogP contribution >= 0.6 is 0 Å². The van der Waals surface area contributed by atoms with E-state index in [9.17, 15) is 19.2 Å². The molecule has 0 bridgehead atoms. The molecule has 2 aliphatic rings. The molecule has 1 saturated heterocycles. The summed E-state index contributed by atoms with van der Waals surface area (Å²) >= 11 is 0. The molecule has 1 heterocycles. The second-order valence-electron chi connectivity index (χ2n) is 6.87. The number of methoxy groups -OCH3 is 1. The van der Waals surface area contributed by atoms with Gasteiger partial charge in [0.25, 0.3) is 5.91 Å². The minimum absolute atomic E-state index is 0.131. The fraction of sp³-hybridized carbons (Fsp3) is 0.444. The van der Waals surface area contributed by atoms with E-state index in [0.29, 0.717) is 11.3 Å². The zero-order valence-corrected chi connectivity index (χ0v) is 14.9. The van der Waals surface area contributed by atoms with Gasteiger partial charge in [0.2, 0.25) is 5.91 Å². The van der Waals surface area contributed by atoms with Crippen LogP contribution in [-0.4, -0.2) is 47.9 Å². The second kappa shape index (κ2) is 6.44. The number of rotatable bonds is 5. The highest BCUT2D eigenvalue weighted by atomic mass is 16.5. The van der Waals surface area contributed by atoms with Gasteiger partial charge in [-0.2, -0.15) is 0 Å². The van der Waals surface area contributed by atoms with Gasteiger partial charge in [0.15, 0.2) is 0 Å². The van der Waals surface area contributed by atoms with Crippen LogP contribution in [0.2, 0.25) is 0 Å². The second-order valence-corrected chi connectivity index (χ2v) is 6.87. The first kappa shape index (κ1) is 17.9. The Hall–Kier alpha value is -2.90. The standard InChI is InChI=1S/C18H21N3O5/c1-10-4-5-11(15(23)26-3)8-13(10)19-14(22)9-21-16(24)18(2,12-6-7-12)20-17(21)25/h4-5,8,12H,6-7,9H2,1-3H3,(H,19,22)(H,20,25)/t18-/m0/s1. The molecule has 1 aliphatic carbocycles. The van der Waals surface area contributed by atoms with Gasteiger partial charge in [-0.3, -0.25) is 14.5 Å². The van der Waals surface area contributed by atoms with Gasteiger partial charge in [0.05, 0.1) is 12.7 Å². The zero-order valence-electron chi connectivity index (χ0n) is 14.9. The molecule has 2 fully saturated rings. The Labute approximate surface area is 150 Å². The number of hydrogen-bond donors (Lipinski definition) is 2. The predicted octanol–water partition coefficient (Wildman–Crippen LogP) is 1.44. The molecule has 0 unspecified atom stereocenters. The normalized spacial score (nSPS) is 22.2. The highest BCUT2D eigenvalue weighted by Crippen LogP contribution is 2.42. The van der Waals surface area contributed by atoms with Crippen LogP contribution in [0.1, 0.15) is 35.7 Å². The third-order valence-corrected chi connectivity index (χ3v) is 4.93. The van der Waals surface area contributed by atoms with Gasteiger partial charge in [-0.15, -0.1) is 0 Å². The summed E-state index contributed by atoms with van der Waals surface area (Å²) in [6, 6.07) is 4.22. The van der Waals surface area contributed by atoms with Gasteiger partial charge in [0.1, 0.15) is 12.1 Å². The minimum atomic E-state index is -0.919. The highest BCUT2D eigenvalue weighted by Gasteiger charge is 2.56. The van der Waals surface area contributed by atoms with Crippen LogP contribution in [0.4, 0.5) is 10.5 Å². The van der Waals surface area contributed by atoms with Crippen molar-refractivity contribution in [3.8, 4) is 0 Å². The number of anilines is 1. The highest BCUT2D eigenvalue weighted by molar-refractivity contribution is 6.10. The number of aryl methyl sites for hydroxylation is 1. The van der Waals surface area contributed by atoms with Crippen molar-refractivity contribution in [2.45, 2.75) is 32.2 Å². The van der Waals surface area contributed by atoms with Crippen LogP contribution in [0, 0.1) is 12.8 Å². The molecule has 8 heteroatoms. The summed E-state index contributed by atoms with van der Waals surface area (Å²) in [5, 5.41) is 5.35. The lowest BCUT2D eigenvalue weighted by Gasteiger charge is -2.20. The van der Waals surface area contributed by atoms with Crippen LogP contribution < -0.4 is 10.6 Å². The van der Waals surface area contributed by atoms with Crippen molar-refractivity contribution in [3.05, 3.63) is 29.3 Å². The lowest BCUT2D eigenvalue weighted by molar-refractivity contribution is -0.134. The molecular weight excluding hydrogens is 338 g/mol. The van der Waals surface area contributed by atoms with E-state index in [0.717, 1.165) is 23.3 Å². The molecule has 0 aromatic heterocycles. The van der Waals surface area contributed by atoms with Crippen LogP contribution in [-0.2, 0) is 14.3 Å². The minimum Gasteiger partial charge on any atom is -0.465 e. The van der Waals surface area contributed by atoms with E-state index in [4.69, 9.17) is 0 Å². The Kier molecular flexibility index (Phi) is 4.43. The molecule has 0 radical (unpaired) electrons. The number of carbonyl (C=O) groups is 4. The Morgan fingerprint density at radius 2 is 2.04 bits per heavy atom. The first-order valence-electron chi connectivity index (χ1n) is 8.39. The number of nitrogens with zero attached hydrogens (tertiary/aromatic N) is 1. The zero-order chi connectivity index (χ0) is 19.1. The quantitative estimate of drug-likeness (QED) is 0.611. The van der Waals surface area contributed by atoms with Crippen LogP contribution in [0.3, 0.4) is 0 Å². The average molecular weight is 359 g/mol. The van der Waals surface area contributed by atoms with Crippen LogP contribution in [0.25, 0.3) is 0 Å². The van der Waals surface area contributed by atoms with E-state index < -0.39 is 23.4 Å². The molecule has 138 valence electrons. The van der Waals surface area contributed by atoms with Crippen LogP contribution in [0.5, 0.6) is 0 Å². The fourth-order valence-electron chi connectivity index (χ4n) is 3.13. The van der Waals surface area contributed by atoms with E-state index in [-0.39, 0.29) is 18.4 Å². The van der Waals surface area contributed by atoms with Gasteiger partial charge >= 0.3 is 12.0 Å². The molecule has 1 atom stereocenters. The Bertz CT molecular complexity index is 802. The van der Waals surface area contributed by atoms with Crippen molar-refractivity contribution < 1.29 is 23.9 Å². The Balaban J connectivity index is 1.70.